The molecule has 0 aromatic carbocycles. The van der Waals surface area contributed by atoms with Crippen LogP contribution >= 0.6 is 11.3 Å². The minimum absolute atomic E-state index is 0.125. The number of aryl methyl sites for hydroxylation is 1. The summed E-state index contributed by atoms with van der Waals surface area (Å²) < 4.78 is 0. The predicted molar refractivity (Wildman–Crippen MR) is 79.7 cm³/mol. The van der Waals surface area contributed by atoms with Crippen LogP contribution in [0.3, 0.4) is 0 Å². The summed E-state index contributed by atoms with van der Waals surface area (Å²) in [7, 11) is 0. The fourth-order valence-electron chi connectivity index (χ4n) is 3.57. The average molecular weight is 277 g/mol. The van der Waals surface area contributed by atoms with Crippen molar-refractivity contribution < 1.29 is 4.79 Å². The normalized spacial score (nSPS) is 30.3. The minimum Gasteiger partial charge on any atom is -0.304 e. The van der Waals surface area contributed by atoms with Crippen LogP contribution in [0, 0.1) is 5.92 Å². The van der Waals surface area contributed by atoms with Crippen molar-refractivity contribution in [2.24, 2.45) is 5.92 Å². The van der Waals surface area contributed by atoms with Gasteiger partial charge in [0.15, 0.2) is 5.78 Å². The first-order valence-corrected chi connectivity index (χ1v) is 8.44. The number of rotatable bonds is 4. The molecule has 0 bridgehead atoms. The number of nitrogens with one attached hydrogen (secondary N) is 1. The summed E-state index contributed by atoms with van der Waals surface area (Å²) in [6, 6.07) is 5.04. The van der Waals surface area contributed by atoms with Crippen molar-refractivity contribution in [1.82, 2.24) is 5.32 Å². The van der Waals surface area contributed by atoms with Gasteiger partial charge < -0.3 is 5.32 Å². The van der Waals surface area contributed by atoms with Crippen molar-refractivity contribution in [2.75, 3.05) is 0 Å². The molecule has 3 rings (SSSR count). The molecule has 1 aromatic heterocycles. The fourth-order valence-corrected chi connectivity index (χ4v) is 4.53. The molecule has 0 spiro atoms. The van der Waals surface area contributed by atoms with E-state index in [1.165, 1.54) is 35.4 Å². The molecule has 1 N–H and O–H groups in total. The highest BCUT2D eigenvalue weighted by atomic mass is 32.1. The molecule has 1 aromatic rings. The highest BCUT2D eigenvalue weighted by molar-refractivity contribution is 7.12. The van der Waals surface area contributed by atoms with Gasteiger partial charge >= 0.3 is 0 Å². The van der Waals surface area contributed by atoms with Crippen LogP contribution in [0.5, 0.6) is 0 Å². The first kappa shape index (κ1) is 13.3. The number of carbonyl (C=O) groups excluding carboxylic acids is 1. The Labute approximate surface area is 119 Å². The van der Waals surface area contributed by atoms with E-state index in [0.717, 1.165) is 18.8 Å². The van der Waals surface area contributed by atoms with Crippen LogP contribution in [-0.4, -0.2) is 17.9 Å². The Morgan fingerprint density at radius 2 is 2.11 bits per heavy atom. The van der Waals surface area contributed by atoms with E-state index >= 15 is 0 Å². The van der Waals surface area contributed by atoms with Gasteiger partial charge in [0.1, 0.15) is 0 Å². The Hall–Kier alpha value is -0.670. The molecule has 3 unspecified atom stereocenters. The number of hydrogen-bond acceptors (Lipinski definition) is 3. The molecule has 2 nitrogen and oxygen atoms in total. The molecule has 1 aliphatic heterocycles. The average Bonchev–Trinajstić information content (AvgIpc) is 3.04. The molecule has 3 heteroatoms. The standard InChI is InChI=1S/C16H23NOS/c1-2-12-7-8-13(19-12)10-16(18)15-9-11-5-3-4-6-14(11)17-15/h7-8,11,14-15,17H,2-6,9-10H2,1H3. The van der Waals surface area contributed by atoms with E-state index in [2.05, 4.69) is 24.4 Å². The predicted octanol–water partition coefficient (Wildman–Crippen LogP) is 3.34. The van der Waals surface area contributed by atoms with Gasteiger partial charge in [-0.05, 0) is 43.7 Å². The summed E-state index contributed by atoms with van der Waals surface area (Å²) >= 11 is 1.80. The lowest BCUT2D eigenvalue weighted by molar-refractivity contribution is -0.120. The summed E-state index contributed by atoms with van der Waals surface area (Å²) in [6.45, 7) is 2.17. The third-order valence-electron chi connectivity index (χ3n) is 4.67. The van der Waals surface area contributed by atoms with Gasteiger partial charge in [0.25, 0.3) is 0 Å². The molecule has 1 aliphatic carbocycles. The van der Waals surface area contributed by atoms with Gasteiger partial charge in [-0.15, -0.1) is 11.3 Å². The Morgan fingerprint density at radius 3 is 2.84 bits per heavy atom. The highest BCUT2D eigenvalue weighted by Crippen LogP contribution is 2.33. The van der Waals surface area contributed by atoms with Gasteiger partial charge in [0.2, 0.25) is 0 Å². The lowest BCUT2D eigenvalue weighted by Crippen LogP contribution is -2.37. The number of carbonyl (C=O) groups is 1. The summed E-state index contributed by atoms with van der Waals surface area (Å²) in [5, 5.41) is 3.59. The zero-order valence-electron chi connectivity index (χ0n) is 11.7. The van der Waals surface area contributed by atoms with Crippen molar-refractivity contribution in [3.8, 4) is 0 Å². The third-order valence-corrected chi connectivity index (χ3v) is 5.90. The minimum atomic E-state index is 0.125. The molecule has 2 fully saturated rings. The highest BCUT2D eigenvalue weighted by Gasteiger charge is 2.37. The van der Waals surface area contributed by atoms with Crippen LogP contribution < -0.4 is 5.32 Å². The molecule has 0 radical (unpaired) electrons. The molecular weight excluding hydrogens is 254 g/mol. The van der Waals surface area contributed by atoms with Gasteiger partial charge in [-0.25, -0.2) is 0 Å². The van der Waals surface area contributed by atoms with Crippen LogP contribution in [0.15, 0.2) is 12.1 Å². The van der Waals surface area contributed by atoms with Crippen molar-refractivity contribution >= 4 is 17.1 Å². The molecule has 3 atom stereocenters. The second-order valence-electron chi connectivity index (χ2n) is 5.97. The number of ketones is 1. The molecule has 104 valence electrons. The van der Waals surface area contributed by atoms with E-state index in [1.54, 1.807) is 11.3 Å². The zero-order valence-corrected chi connectivity index (χ0v) is 12.5. The first-order chi connectivity index (χ1) is 9.26. The van der Waals surface area contributed by atoms with Crippen molar-refractivity contribution in [1.29, 1.82) is 0 Å². The van der Waals surface area contributed by atoms with Crippen LogP contribution in [0.2, 0.25) is 0 Å². The van der Waals surface area contributed by atoms with E-state index in [-0.39, 0.29) is 6.04 Å². The lowest BCUT2D eigenvalue weighted by atomic mass is 9.84. The smallest absolute Gasteiger partial charge is 0.154 e. The van der Waals surface area contributed by atoms with Crippen LogP contribution in [-0.2, 0) is 17.6 Å². The topological polar surface area (TPSA) is 29.1 Å². The van der Waals surface area contributed by atoms with E-state index in [4.69, 9.17) is 0 Å². The number of fused-ring (bicyclic) bond motifs is 1. The van der Waals surface area contributed by atoms with Gasteiger partial charge in [-0.3, -0.25) is 4.79 Å². The van der Waals surface area contributed by atoms with Crippen LogP contribution in [0.4, 0.5) is 0 Å². The molecule has 1 saturated carbocycles. The monoisotopic (exact) mass is 277 g/mol. The maximum atomic E-state index is 12.4. The van der Waals surface area contributed by atoms with Gasteiger partial charge in [-0.1, -0.05) is 19.8 Å². The van der Waals surface area contributed by atoms with Gasteiger partial charge in [-0.2, -0.15) is 0 Å². The maximum Gasteiger partial charge on any atom is 0.154 e. The molecule has 19 heavy (non-hydrogen) atoms. The SMILES string of the molecule is CCc1ccc(CC(=O)C2CC3CCCCC3N2)s1. The second kappa shape index (κ2) is 5.76. The zero-order chi connectivity index (χ0) is 13.2. The molecule has 0 amide bonds. The Balaban J connectivity index is 1.58. The van der Waals surface area contributed by atoms with Crippen molar-refractivity contribution in [2.45, 2.75) is 64.0 Å². The number of Topliss-reactive ketones (excluding diaryl/α,β-unsaturated/α-hetero) is 1. The molecular formula is C16H23NOS. The lowest BCUT2D eigenvalue weighted by Gasteiger charge is -2.24. The Bertz CT molecular complexity index is 439. The van der Waals surface area contributed by atoms with Crippen molar-refractivity contribution in [3.63, 3.8) is 0 Å². The Morgan fingerprint density at radius 1 is 1.32 bits per heavy atom. The third kappa shape index (κ3) is 2.92. The largest absolute Gasteiger partial charge is 0.304 e. The summed E-state index contributed by atoms with van der Waals surface area (Å²) in [5.74, 6) is 1.16. The van der Waals surface area contributed by atoms with E-state index in [9.17, 15) is 4.79 Å². The molecule has 2 aliphatic rings. The molecule has 1 saturated heterocycles. The van der Waals surface area contributed by atoms with E-state index in [1.807, 2.05) is 0 Å². The quantitative estimate of drug-likeness (QED) is 0.914. The van der Waals surface area contributed by atoms with Crippen molar-refractivity contribution in [3.05, 3.63) is 21.9 Å². The second-order valence-corrected chi connectivity index (χ2v) is 7.22. The van der Waals surface area contributed by atoms with E-state index < -0.39 is 0 Å². The summed E-state index contributed by atoms with van der Waals surface area (Å²) in [4.78, 5) is 15.0. The number of hydrogen-bond donors (Lipinski definition) is 1. The molecule has 2 heterocycles. The summed E-state index contributed by atoms with van der Waals surface area (Å²) in [6.07, 6.45) is 8.06. The first-order valence-electron chi connectivity index (χ1n) is 7.62. The number of thiophene rings is 1. The van der Waals surface area contributed by atoms with Crippen LogP contribution in [0.25, 0.3) is 0 Å². The fraction of sp³-hybridized carbons (Fsp3) is 0.688. The summed E-state index contributed by atoms with van der Waals surface area (Å²) in [5.41, 5.74) is 0. The van der Waals surface area contributed by atoms with Gasteiger partial charge in [0, 0.05) is 22.2 Å². The maximum absolute atomic E-state index is 12.4. The van der Waals surface area contributed by atoms with E-state index in [0.29, 0.717) is 18.2 Å². The van der Waals surface area contributed by atoms with Gasteiger partial charge in [0.05, 0.1) is 6.04 Å². The Kier molecular flexibility index (Phi) is 4.04. The van der Waals surface area contributed by atoms with Crippen LogP contribution in [0.1, 0.15) is 48.8 Å².